The van der Waals surface area contributed by atoms with Gasteiger partial charge < -0.3 is 9.64 Å². The predicted octanol–water partition coefficient (Wildman–Crippen LogP) is 13.9. The smallest absolute Gasteiger partial charge is 0.209 e. The fourth-order valence-electron chi connectivity index (χ4n) is 8.18. The monoisotopic (exact) mass is 810 g/mol. The van der Waals surface area contributed by atoms with Gasteiger partial charge in [0, 0.05) is 51.1 Å². The van der Waals surface area contributed by atoms with Crippen molar-refractivity contribution in [1.82, 2.24) is 0 Å². The largest absolute Gasteiger partial charge is 0.457 e. The number of aryl methyl sites for hydroxylation is 2. The Morgan fingerprint density at radius 1 is 0.702 bits per heavy atom. The average Bonchev–Trinajstić information content (AvgIpc) is 3.54. The fourth-order valence-corrected chi connectivity index (χ4v) is 10.5. The summed E-state index contributed by atoms with van der Waals surface area (Å²) in [6.07, 6.45) is 12.9. The van der Waals surface area contributed by atoms with Crippen LogP contribution in [-0.2, 0) is 21.7 Å². The third-order valence-electron chi connectivity index (χ3n) is 11.2. The molecule has 2 heterocycles. The topological polar surface area (TPSA) is 15.5 Å². The molecule has 0 N–H and O–H groups in total. The molecular weight excluding hydrogens is 760 g/mol. The van der Waals surface area contributed by atoms with Gasteiger partial charge >= 0.3 is 0 Å². The highest BCUT2D eigenvalue weighted by Gasteiger charge is 2.44. The second kappa shape index (κ2) is 16.6. The lowest BCUT2D eigenvalue weighted by atomic mass is 9.81. The number of likely N-dealkylation sites (N-methyl/N-ethyl adjacent to an activating group) is 1. The van der Waals surface area contributed by atoms with Gasteiger partial charge in [-0.25, -0.2) is 0 Å². The van der Waals surface area contributed by atoms with Crippen molar-refractivity contribution in [3.8, 4) is 5.75 Å². The zero-order chi connectivity index (χ0) is 40.5. The van der Waals surface area contributed by atoms with Crippen LogP contribution in [0.15, 0.2) is 172 Å². The van der Waals surface area contributed by atoms with E-state index in [0.29, 0.717) is 0 Å². The predicted molar refractivity (Wildman–Crippen MR) is 243 cm³/mol. The van der Waals surface area contributed by atoms with Crippen molar-refractivity contribution in [3.63, 3.8) is 0 Å². The number of rotatable bonds is 11. The molecule has 0 bridgehead atoms. The number of benzene rings is 5. The minimum Gasteiger partial charge on any atom is -0.457 e. The number of allylic oxidation sites excluding steroid dienone is 7. The first-order valence-electron chi connectivity index (χ1n) is 19.8. The molecule has 0 aliphatic carbocycles. The molecule has 0 radical (unpaired) electrons. The Hall–Kier alpha value is -4.74. The SMILES string of the molecule is CCN1/C(=C/C=C/C(=C/C=C/C2=[N+](CC)c3ccc(C)cc3C2(C)C)Oc2ccc([S+](c3ccc(Cl)cc3)c3ccc(Cl)cc3)cc2)C(C)(C)c2cc(C)ccc21. The molecule has 3 nitrogen and oxygen atoms in total. The van der Waals surface area contributed by atoms with Gasteiger partial charge in [-0.2, -0.15) is 4.58 Å². The number of halogens is 2. The van der Waals surface area contributed by atoms with E-state index in [4.69, 9.17) is 27.9 Å². The molecule has 0 spiro atoms. The number of fused-ring (bicyclic) bond motifs is 2. The van der Waals surface area contributed by atoms with Crippen LogP contribution in [0.4, 0.5) is 11.4 Å². The highest BCUT2D eigenvalue weighted by molar-refractivity contribution is 7.97. The number of hydrogen-bond acceptors (Lipinski definition) is 2. The molecule has 6 heteroatoms. The van der Waals surface area contributed by atoms with E-state index in [1.807, 2.05) is 24.3 Å². The number of anilines is 1. The van der Waals surface area contributed by atoms with Crippen LogP contribution in [0.3, 0.4) is 0 Å². The molecule has 0 amide bonds. The van der Waals surface area contributed by atoms with Crippen molar-refractivity contribution in [2.24, 2.45) is 0 Å². The van der Waals surface area contributed by atoms with Gasteiger partial charge in [0.25, 0.3) is 0 Å². The van der Waals surface area contributed by atoms with Gasteiger partial charge in [-0.3, -0.25) is 0 Å². The fraction of sp³-hybridized carbons (Fsp3) is 0.235. The highest BCUT2D eigenvalue weighted by Crippen LogP contribution is 2.48. The minimum atomic E-state index is -0.358. The molecule has 0 fully saturated rings. The quantitative estimate of drug-likeness (QED) is 0.0571. The van der Waals surface area contributed by atoms with E-state index in [1.54, 1.807) is 0 Å². The third-order valence-corrected chi connectivity index (χ3v) is 13.9. The molecule has 7 rings (SSSR count). The van der Waals surface area contributed by atoms with Crippen LogP contribution in [0.2, 0.25) is 10.0 Å². The highest BCUT2D eigenvalue weighted by atomic mass is 35.5. The van der Waals surface area contributed by atoms with E-state index in [9.17, 15) is 0 Å². The van der Waals surface area contributed by atoms with Crippen LogP contribution >= 0.6 is 23.2 Å². The summed E-state index contributed by atoms with van der Waals surface area (Å²) in [7, 11) is -0.358. The van der Waals surface area contributed by atoms with Crippen molar-refractivity contribution in [2.75, 3.05) is 18.0 Å². The second-order valence-corrected chi connectivity index (χ2v) is 18.7. The Morgan fingerprint density at radius 3 is 1.84 bits per heavy atom. The summed E-state index contributed by atoms with van der Waals surface area (Å²) in [6.45, 7) is 19.8. The zero-order valence-electron chi connectivity index (χ0n) is 34.2. The molecule has 2 aliphatic heterocycles. The maximum atomic E-state index is 6.71. The van der Waals surface area contributed by atoms with E-state index in [1.165, 1.54) is 59.7 Å². The maximum absolute atomic E-state index is 6.71. The second-order valence-electron chi connectivity index (χ2n) is 15.8. The van der Waals surface area contributed by atoms with Crippen molar-refractivity contribution in [2.45, 2.75) is 80.9 Å². The summed E-state index contributed by atoms with van der Waals surface area (Å²) in [6, 6.07) is 38.3. The number of nitrogens with zero attached hydrogens (tertiary/aromatic N) is 2. The molecule has 0 saturated heterocycles. The van der Waals surface area contributed by atoms with Gasteiger partial charge in [0.15, 0.2) is 20.4 Å². The first-order chi connectivity index (χ1) is 27.3. The molecule has 0 atom stereocenters. The molecule has 290 valence electrons. The molecule has 0 saturated carbocycles. The lowest BCUT2D eigenvalue weighted by Crippen LogP contribution is -2.27. The first-order valence-corrected chi connectivity index (χ1v) is 21.7. The van der Waals surface area contributed by atoms with Crippen LogP contribution in [0.1, 0.15) is 63.8 Å². The first kappa shape index (κ1) is 40.5. The Balaban J connectivity index is 1.23. The van der Waals surface area contributed by atoms with Crippen molar-refractivity contribution in [3.05, 3.63) is 189 Å². The van der Waals surface area contributed by atoms with Crippen molar-refractivity contribution in [1.29, 1.82) is 0 Å². The van der Waals surface area contributed by atoms with Gasteiger partial charge in [0.05, 0.1) is 16.3 Å². The van der Waals surface area contributed by atoms with Crippen molar-refractivity contribution >= 4 is 51.2 Å². The summed E-state index contributed by atoms with van der Waals surface area (Å²) < 4.78 is 9.14. The maximum Gasteiger partial charge on any atom is 0.209 e. The third kappa shape index (κ3) is 8.19. The molecule has 5 aromatic rings. The summed E-state index contributed by atoms with van der Waals surface area (Å²) >= 11 is 12.6. The lowest BCUT2D eigenvalue weighted by Gasteiger charge is -2.25. The van der Waals surface area contributed by atoms with E-state index in [0.717, 1.165) is 34.6 Å². The van der Waals surface area contributed by atoms with E-state index in [2.05, 4.69) is 186 Å². The van der Waals surface area contributed by atoms with Crippen molar-refractivity contribution < 1.29 is 9.31 Å². The number of hydrogen-bond donors (Lipinski definition) is 0. The summed E-state index contributed by atoms with van der Waals surface area (Å²) in [4.78, 5) is 5.95. The molecule has 5 aromatic carbocycles. The van der Waals surface area contributed by atoms with Gasteiger partial charge in [-0.05, 0) is 150 Å². The average molecular weight is 812 g/mol. The molecule has 0 unspecified atom stereocenters. The standard InChI is InChI=1S/C51H52Cl2N2OS/c1-9-54-46-31-17-35(3)33-44(46)50(5,6)48(54)15-11-13-39(14-12-16-49-51(7,8)45-34-36(4)18-32-47(45)55(49)10-2)56-40-23-29-43(30-24-40)57(41-25-19-37(52)20-26-41)42-27-21-38(53)22-28-42/h11-34H,9-10H2,1-8H3/q+2. The Bertz CT molecular complexity index is 2390. The van der Waals surface area contributed by atoms with Crippen LogP contribution in [0, 0.1) is 13.8 Å². The minimum absolute atomic E-state index is 0.130. The van der Waals surface area contributed by atoms with E-state index >= 15 is 0 Å². The summed E-state index contributed by atoms with van der Waals surface area (Å²) in [5, 5.41) is 1.43. The van der Waals surface area contributed by atoms with Gasteiger partial charge in [0.2, 0.25) is 5.69 Å². The van der Waals surface area contributed by atoms with Gasteiger partial charge in [0.1, 0.15) is 18.1 Å². The van der Waals surface area contributed by atoms with E-state index < -0.39 is 0 Å². The number of ether oxygens (including phenoxy) is 1. The Kier molecular flexibility index (Phi) is 11.8. The van der Waals surface area contributed by atoms with Crippen LogP contribution < -0.4 is 9.64 Å². The van der Waals surface area contributed by atoms with Crippen LogP contribution in [0.25, 0.3) is 0 Å². The molecule has 0 aromatic heterocycles. The zero-order valence-corrected chi connectivity index (χ0v) is 36.6. The molecule has 57 heavy (non-hydrogen) atoms. The Labute approximate surface area is 352 Å². The van der Waals surface area contributed by atoms with Gasteiger partial charge in [-0.1, -0.05) is 78.5 Å². The normalized spacial score (nSPS) is 16.7. The summed E-state index contributed by atoms with van der Waals surface area (Å²) in [5.41, 5.74) is 10.1. The van der Waals surface area contributed by atoms with Crippen LogP contribution in [0.5, 0.6) is 5.75 Å². The Morgan fingerprint density at radius 2 is 1.26 bits per heavy atom. The van der Waals surface area contributed by atoms with Gasteiger partial charge in [-0.15, -0.1) is 0 Å². The molecule has 2 aliphatic rings. The molecular formula is C51H52Cl2N2OS+2. The van der Waals surface area contributed by atoms with Crippen LogP contribution in [-0.4, -0.2) is 23.4 Å². The lowest BCUT2D eigenvalue weighted by molar-refractivity contribution is -0.433. The van der Waals surface area contributed by atoms with E-state index in [-0.39, 0.29) is 21.7 Å². The summed E-state index contributed by atoms with van der Waals surface area (Å²) in [5.74, 6) is 1.50.